The van der Waals surface area contributed by atoms with E-state index in [-0.39, 0.29) is 25.3 Å². The third-order valence-electron chi connectivity index (χ3n) is 5.63. The molecule has 1 unspecified atom stereocenters. The van der Waals surface area contributed by atoms with Crippen LogP contribution >= 0.6 is 0 Å². The summed E-state index contributed by atoms with van der Waals surface area (Å²) in [6.45, 7) is 6.90. The second-order valence-electron chi connectivity index (χ2n) is 8.35. The molecule has 1 atom stereocenters. The van der Waals surface area contributed by atoms with Crippen LogP contribution < -0.4 is 29.3 Å². The van der Waals surface area contributed by atoms with Gasteiger partial charge in [0.1, 0.15) is 0 Å². The molecular formula is C24H48LiNO2. The third kappa shape index (κ3) is 24.1. The van der Waals surface area contributed by atoms with Gasteiger partial charge in [0, 0.05) is 5.97 Å². The molecule has 0 aromatic heterocycles. The van der Waals surface area contributed by atoms with Crippen LogP contribution in [0.5, 0.6) is 0 Å². The van der Waals surface area contributed by atoms with Crippen molar-refractivity contribution in [2.45, 2.75) is 129 Å². The maximum atomic E-state index is 10.5. The minimum absolute atomic E-state index is 0. The van der Waals surface area contributed by atoms with Gasteiger partial charge in [0.05, 0.1) is 0 Å². The molecule has 0 aliphatic carbocycles. The Hall–Kier alpha value is 0.0274. The fraction of sp³-hybridized carbons (Fsp3) is 0.958. The molecular weight excluding hydrogens is 341 g/mol. The number of hydrogen-bond donors (Lipinski definition) is 1. The number of nitrogens with one attached hydrogen (secondary N) is 1. The van der Waals surface area contributed by atoms with Crippen molar-refractivity contribution >= 4 is 5.97 Å². The van der Waals surface area contributed by atoms with Crippen molar-refractivity contribution in [3.63, 3.8) is 0 Å². The van der Waals surface area contributed by atoms with E-state index in [1.165, 1.54) is 109 Å². The predicted molar refractivity (Wildman–Crippen MR) is 116 cm³/mol. The summed E-state index contributed by atoms with van der Waals surface area (Å²) in [6.07, 6.45) is 22.0. The number of rotatable bonds is 22. The molecule has 0 saturated carbocycles. The Bertz CT molecular complexity index is 313. The van der Waals surface area contributed by atoms with Crippen molar-refractivity contribution < 1.29 is 28.8 Å². The van der Waals surface area contributed by atoms with E-state index >= 15 is 0 Å². The van der Waals surface area contributed by atoms with Crippen LogP contribution in [0.15, 0.2) is 0 Å². The number of carboxylic acids is 1. The zero-order valence-corrected chi connectivity index (χ0v) is 19.5. The van der Waals surface area contributed by atoms with Crippen LogP contribution in [-0.2, 0) is 4.79 Å². The summed E-state index contributed by atoms with van der Waals surface area (Å²) in [5.74, 6) is -0.0870. The fourth-order valence-electron chi connectivity index (χ4n) is 3.83. The Morgan fingerprint density at radius 1 is 0.679 bits per heavy atom. The fourth-order valence-corrected chi connectivity index (χ4v) is 3.83. The molecule has 162 valence electrons. The molecule has 0 radical (unpaired) electrons. The van der Waals surface area contributed by atoms with Gasteiger partial charge in [-0.1, -0.05) is 104 Å². The van der Waals surface area contributed by atoms with Crippen LogP contribution in [0.25, 0.3) is 0 Å². The Kier molecular flexibility index (Phi) is 27.1. The van der Waals surface area contributed by atoms with Gasteiger partial charge in [-0.25, -0.2) is 0 Å². The van der Waals surface area contributed by atoms with Crippen LogP contribution in [0.1, 0.15) is 129 Å². The van der Waals surface area contributed by atoms with Gasteiger partial charge in [0.2, 0.25) is 0 Å². The molecule has 0 aromatic rings. The van der Waals surface area contributed by atoms with Crippen molar-refractivity contribution in [1.82, 2.24) is 5.32 Å². The molecule has 3 nitrogen and oxygen atoms in total. The summed E-state index contributed by atoms with van der Waals surface area (Å²) >= 11 is 0. The van der Waals surface area contributed by atoms with E-state index in [4.69, 9.17) is 0 Å². The molecule has 28 heavy (non-hydrogen) atoms. The van der Waals surface area contributed by atoms with Gasteiger partial charge in [0.15, 0.2) is 0 Å². The SMILES string of the molecule is CCCCCCNCCCCCCCC(CCCCC)CCCCC(=O)[O-].[Li+]. The normalized spacial score (nSPS) is 11.9. The van der Waals surface area contributed by atoms with Crippen LogP contribution in [-0.4, -0.2) is 19.1 Å². The van der Waals surface area contributed by atoms with Gasteiger partial charge in [-0.15, -0.1) is 0 Å². The Morgan fingerprint density at radius 3 is 1.68 bits per heavy atom. The van der Waals surface area contributed by atoms with E-state index in [0.717, 1.165) is 18.8 Å². The number of carbonyl (C=O) groups excluding carboxylic acids is 1. The van der Waals surface area contributed by atoms with Crippen LogP contribution in [0.3, 0.4) is 0 Å². The molecule has 0 amide bonds. The number of carbonyl (C=O) groups is 1. The maximum absolute atomic E-state index is 10.5. The smallest absolute Gasteiger partial charge is 0.550 e. The molecule has 0 aliphatic rings. The molecule has 1 N–H and O–H groups in total. The number of aliphatic carboxylic acids is 1. The van der Waals surface area contributed by atoms with Crippen molar-refractivity contribution in [2.24, 2.45) is 5.92 Å². The monoisotopic (exact) mass is 389 g/mol. The van der Waals surface area contributed by atoms with Gasteiger partial charge in [-0.2, -0.15) is 0 Å². The van der Waals surface area contributed by atoms with Crippen molar-refractivity contribution in [2.75, 3.05) is 13.1 Å². The number of carboxylic acid groups (broad SMARTS) is 1. The first-order chi connectivity index (χ1) is 13.2. The minimum atomic E-state index is -0.895. The third-order valence-corrected chi connectivity index (χ3v) is 5.63. The number of unbranched alkanes of at least 4 members (excludes halogenated alkanes) is 10. The van der Waals surface area contributed by atoms with Crippen LogP contribution in [0, 0.1) is 5.92 Å². The zero-order chi connectivity index (χ0) is 20.0. The van der Waals surface area contributed by atoms with Crippen molar-refractivity contribution in [3.05, 3.63) is 0 Å². The summed E-state index contributed by atoms with van der Waals surface area (Å²) in [5, 5.41) is 14.1. The average Bonchev–Trinajstić information content (AvgIpc) is 2.65. The Balaban J connectivity index is 0. The maximum Gasteiger partial charge on any atom is 1.00 e. The second-order valence-corrected chi connectivity index (χ2v) is 8.35. The van der Waals surface area contributed by atoms with Gasteiger partial charge in [0.25, 0.3) is 0 Å². The molecule has 0 saturated heterocycles. The second kappa shape index (κ2) is 25.1. The predicted octanol–water partition coefficient (Wildman–Crippen LogP) is 3.01. The first-order valence-electron chi connectivity index (χ1n) is 12.1. The summed E-state index contributed by atoms with van der Waals surface area (Å²) in [4.78, 5) is 10.5. The van der Waals surface area contributed by atoms with E-state index in [1.54, 1.807) is 0 Å². The van der Waals surface area contributed by atoms with Crippen molar-refractivity contribution in [3.8, 4) is 0 Å². The molecule has 0 fully saturated rings. The van der Waals surface area contributed by atoms with Crippen molar-refractivity contribution in [1.29, 1.82) is 0 Å². The summed E-state index contributed by atoms with van der Waals surface area (Å²) in [6, 6.07) is 0. The zero-order valence-electron chi connectivity index (χ0n) is 19.5. The average molecular weight is 390 g/mol. The Labute approximate surface area is 188 Å². The van der Waals surface area contributed by atoms with E-state index in [0.29, 0.717) is 0 Å². The van der Waals surface area contributed by atoms with Gasteiger partial charge >= 0.3 is 18.9 Å². The van der Waals surface area contributed by atoms with E-state index in [1.807, 2.05) is 0 Å². The summed E-state index contributed by atoms with van der Waals surface area (Å²) in [7, 11) is 0. The standard InChI is InChI=1S/C24H49NO2.Li/c1-3-5-7-15-21-25-22-16-10-8-9-12-18-23(17-11-6-4-2)19-13-14-20-24(26)27;/h23,25H,3-22H2,1-2H3,(H,26,27);/q;+1/p-1. The van der Waals surface area contributed by atoms with Gasteiger partial charge < -0.3 is 15.2 Å². The van der Waals surface area contributed by atoms with Crippen LogP contribution in [0.4, 0.5) is 0 Å². The molecule has 4 heteroatoms. The topological polar surface area (TPSA) is 52.2 Å². The Morgan fingerprint density at radius 2 is 1.11 bits per heavy atom. The molecule has 0 aromatic carbocycles. The van der Waals surface area contributed by atoms with Gasteiger partial charge in [-0.3, -0.25) is 0 Å². The first-order valence-corrected chi connectivity index (χ1v) is 12.1. The number of hydrogen-bond acceptors (Lipinski definition) is 3. The summed E-state index contributed by atoms with van der Waals surface area (Å²) < 4.78 is 0. The first kappa shape index (κ1) is 30.2. The summed E-state index contributed by atoms with van der Waals surface area (Å²) in [5.41, 5.74) is 0. The molecule has 0 spiro atoms. The van der Waals surface area contributed by atoms with E-state index in [2.05, 4.69) is 19.2 Å². The van der Waals surface area contributed by atoms with E-state index in [9.17, 15) is 9.90 Å². The molecule has 0 heterocycles. The minimum Gasteiger partial charge on any atom is -0.550 e. The van der Waals surface area contributed by atoms with E-state index < -0.39 is 5.97 Å². The van der Waals surface area contributed by atoms with Gasteiger partial charge in [-0.05, 0) is 44.7 Å². The molecule has 0 bridgehead atoms. The molecule has 0 aliphatic heterocycles. The molecule has 0 rings (SSSR count). The largest absolute Gasteiger partial charge is 1.00 e. The van der Waals surface area contributed by atoms with Crippen LogP contribution in [0.2, 0.25) is 0 Å². The quantitative estimate of drug-likeness (QED) is 0.229.